The molecule has 0 atom stereocenters. The van der Waals surface area contributed by atoms with E-state index in [2.05, 4.69) is 15.7 Å². The summed E-state index contributed by atoms with van der Waals surface area (Å²) in [5, 5.41) is 2.51. The zero-order valence-electron chi connectivity index (χ0n) is 17.4. The SMILES string of the molecule is CCOC(=O)c1nc(-c2cn(S(=O)(=O)c3ccccc3)c3ncc(C4=C=CC=C4)cc23)cs1. The van der Waals surface area contributed by atoms with Gasteiger partial charge in [0.1, 0.15) is 0 Å². The lowest BCUT2D eigenvalue weighted by Gasteiger charge is -2.07. The minimum absolute atomic E-state index is 0.147. The van der Waals surface area contributed by atoms with Crippen LogP contribution in [0.5, 0.6) is 0 Å². The van der Waals surface area contributed by atoms with E-state index in [9.17, 15) is 13.2 Å². The van der Waals surface area contributed by atoms with Crippen LogP contribution in [-0.4, -0.2) is 34.9 Å². The summed E-state index contributed by atoms with van der Waals surface area (Å²) in [6, 6.07) is 10.0. The number of ether oxygens (including phenoxy) is 1. The molecule has 0 fully saturated rings. The van der Waals surface area contributed by atoms with E-state index in [4.69, 9.17) is 4.74 Å². The molecule has 0 unspecified atom stereocenters. The first-order chi connectivity index (χ1) is 16.0. The van der Waals surface area contributed by atoms with Crippen molar-refractivity contribution >= 4 is 43.9 Å². The molecule has 0 saturated heterocycles. The van der Waals surface area contributed by atoms with Gasteiger partial charge in [0.25, 0.3) is 10.0 Å². The Balaban J connectivity index is 1.73. The summed E-state index contributed by atoms with van der Waals surface area (Å²) in [5.41, 5.74) is 6.07. The molecule has 1 aromatic carbocycles. The average Bonchev–Trinajstić information content (AvgIpc) is 3.59. The highest BCUT2D eigenvalue weighted by atomic mass is 32.2. The predicted molar refractivity (Wildman–Crippen MR) is 126 cm³/mol. The lowest BCUT2D eigenvalue weighted by Crippen LogP contribution is -2.12. The molecule has 0 bridgehead atoms. The smallest absolute Gasteiger partial charge is 0.367 e. The minimum atomic E-state index is -3.91. The Hall–Kier alpha value is -3.78. The fourth-order valence-corrected chi connectivity index (χ4v) is 5.57. The topological polar surface area (TPSA) is 91.1 Å². The Morgan fingerprint density at radius 1 is 1.24 bits per heavy atom. The van der Waals surface area contributed by atoms with Crippen molar-refractivity contribution in [2.75, 3.05) is 6.61 Å². The van der Waals surface area contributed by atoms with Crippen LogP contribution in [0.25, 0.3) is 27.9 Å². The van der Waals surface area contributed by atoms with Crippen LogP contribution in [0.3, 0.4) is 0 Å². The number of carbonyl (C=O) groups is 1. The molecule has 0 spiro atoms. The number of thiazole rings is 1. The van der Waals surface area contributed by atoms with Crippen LogP contribution in [0.4, 0.5) is 0 Å². The molecule has 0 amide bonds. The number of esters is 1. The van der Waals surface area contributed by atoms with Gasteiger partial charge in [-0.2, -0.15) is 0 Å². The van der Waals surface area contributed by atoms with Crippen molar-refractivity contribution in [3.63, 3.8) is 0 Å². The van der Waals surface area contributed by atoms with E-state index in [1.807, 2.05) is 18.2 Å². The standard InChI is InChI=1S/C24H17N3O4S2/c1-2-31-24(28)23-26-21(15-32-23)20-14-27(33(29,30)18-10-4-3-5-11-18)22-19(20)12-17(13-25-22)16-8-6-7-9-16/h3-8,10-15H,2H2,1H3. The van der Waals surface area contributed by atoms with E-state index in [1.54, 1.807) is 42.8 Å². The van der Waals surface area contributed by atoms with Crippen LogP contribution in [-0.2, 0) is 14.8 Å². The van der Waals surface area contributed by atoms with Gasteiger partial charge in [-0.1, -0.05) is 24.3 Å². The summed E-state index contributed by atoms with van der Waals surface area (Å²) in [5.74, 6) is -0.514. The fraction of sp³-hybridized carbons (Fsp3) is 0.0833. The number of nitrogens with zero attached hydrogens (tertiary/aromatic N) is 3. The third-order valence-corrected chi connectivity index (χ3v) is 7.54. The maximum absolute atomic E-state index is 13.4. The predicted octanol–water partition coefficient (Wildman–Crippen LogP) is 4.68. The fourth-order valence-electron chi connectivity index (χ4n) is 3.51. The number of benzene rings is 1. The lowest BCUT2D eigenvalue weighted by molar-refractivity contribution is 0.0526. The zero-order valence-corrected chi connectivity index (χ0v) is 19.1. The van der Waals surface area contributed by atoms with Crippen LogP contribution in [0.1, 0.15) is 22.3 Å². The largest absolute Gasteiger partial charge is 0.461 e. The van der Waals surface area contributed by atoms with E-state index in [1.165, 1.54) is 18.3 Å². The Bertz CT molecular complexity index is 1590. The number of pyridine rings is 1. The first kappa shape index (κ1) is 21.1. The monoisotopic (exact) mass is 475 g/mol. The first-order valence-electron chi connectivity index (χ1n) is 10.1. The zero-order chi connectivity index (χ0) is 23.0. The molecule has 4 aromatic rings. The van der Waals surface area contributed by atoms with Crippen LogP contribution >= 0.6 is 11.3 Å². The summed E-state index contributed by atoms with van der Waals surface area (Å²) in [6.45, 7) is 1.97. The summed E-state index contributed by atoms with van der Waals surface area (Å²) in [7, 11) is -3.91. The maximum Gasteiger partial charge on any atom is 0.367 e. The second-order valence-corrected chi connectivity index (χ2v) is 9.77. The van der Waals surface area contributed by atoms with Crippen molar-refractivity contribution in [2.24, 2.45) is 0 Å². The normalized spacial score (nSPS) is 12.9. The molecule has 0 radical (unpaired) electrons. The van der Waals surface area contributed by atoms with Crippen molar-refractivity contribution in [2.45, 2.75) is 11.8 Å². The molecule has 1 aliphatic rings. The quantitative estimate of drug-likeness (QED) is 0.297. The molecule has 33 heavy (non-hydrogen) atoms. The van der Waals surface area contributed by atoms with Crippen molar-refractivity contribution in [1.82, 2.24) is 13.9 Å². The van der Waals surface area contributed by atoms with Gasteiger partial charge >= 0.3 is 5.97 Å². The number of fused-ring (bicyclic) bond motifs is 1. The Morgan fingerprint density at radius 3 is 2.79 bits per heavy atom. The van der Waals surface area contributed by atoms with E-state index in [0.29, 0.717) is 16.6 Å². The van der Waals surface area contributed by atoms with E-state index in [-0.39, 0.29) is 22.2 Å². The van der Waals surface area contributed by atoms with Crippen molar-refractivity contribution in [1.29, 1.82) is 0 Å². The number of allylic oxidation sites excluding steroid dienone is 3. The molecule has 7 nitrogen and oxygen atoms in total. The minimum Gasteiger partial charge on any atom is -0.461 e. The Labute approximate surface area is 194 Å². The van der Waals surface area contributed by atoms with Crippen molar-refractivity contribution in [3.8, 4) is 11.3 Å². The molecule has 164 valence electrons. The van der Waals surface area contributed by atoms with E-state index in [0.717, 1.165) is 26.4 Å². The molecule has 3 aromatic heterocycles. The number of rotatable bonds is 6. The molecular weight excluding hydrogens is 458 g/mol. The first-order valence-corrected chi connectivity index (χ1v) is 12.4. The molecule has 3 heterocycles. The van der Waals surface area contributed by atoms with Gasteiger partial charge in [0.15, 0.2) is 5.65 Å². The second kappa shape index (κ2) is 8.29. The third kappa shape index (κ3) is 3.72. The molecule has 1 aliphatic carbocycles. The van der Waals surface area contributed by atoms with Gasteiger partial charge < -0.3 is 4.74 Å². The van der Waals surface area contributed by atoms with Crippen LogP contribution in [0.2, 0.25) is 0 Å². The van der Waals surface area contributed by atoms with Gasteiger partial charge in [0.05, 0.1) is 17.2 Å². The highest BCUT2D eigenvalue weighted by Gasteiger charge is 2.25. The van der Waals surface area contributed by atoms with Crippen molar-refractivity contribution in [3.05, 3.63) is 88.7 Å². The second-order valence-electron chi connectivity index (χ2n) is 7.09. The third-order valence-electron chi connectivity index (χ3n) is 5.05. The van der Waals surface area contributed by atoms with E-state index >= 15 is 0 Å². The summed E-state index contributed by atoms with van der Waals surface area (Å²) < 4.78 is 33.1. The van der Waals surface area contributed by atoms with Crippen LogP contribution in [0, 0.1) is 0 Å². The number of aromatic nitrogens is 3. The Morgan fingerprint density at radius 2 is 2.06 bits per heavy atom. The number of hydrogen-bond acceptors (Lipinski definition) is 7. The summed E-state index contributed by atoms with van der Waals surface area (Å²) >= 11 is 1.15. The van der Waals surface area contributed by atoms with Gasteiger partial charge in [0.2, 0.25) is 5.01 Å². The summed E-state index contributed by atoms with van der Waals surface area (Å²) in [4.78, 5) is 21.2. The molecule has 0 N–H and O–H groups in total. The van der Waals surface area contributed by atoms with Gasteiger partial charge in [-0.3, -0.25) is 0 Å². The average molecular weight is 476 g/mol. The van der Waals surface area contributed by atoms with Crippen LogP contribution < -0.4 is 0 Å². The van der Waals surface area contributed by atoms with Crippen LogP contribution in [0.15, 0.2) is 83.0 Å². The number of carbonyl (C=O) groups excluding carboxylic acids is 1. The maximum atomic E-state index is 13.4. The van der Waals surface area contributed by atoms with Gasteiger partial charge in [-0.25, -0.2) is 27.2 Å². The highest BCUT2D eigenvalue weighted by molar-refractivity contribution is 7.90. The Kier molecular flexibility index (Phi) is 5.30. The molecule has 0 aliphatic heterocycles. The van der Waals surface area contributed by atoms with Gasteiger partial charge in [-0.15, -0.1) is 17.1 Å². The van der Waals surface area contributed by atoms with Crippen molar-refractivity contribution < 1.29 is 17.9 Å². The highest BCUT2D eigenvalue weighted by Crippen LogP contribution is 2.34. The molecule has 0 saturated carbocycles. The molecule has 5 rings (SSSR count). The van der Waals surface area contributed by atoms with Gasteiger partial charge in [-0.05, 0) is 37.3 Å². The molecular formula is C24H17N3O4S2. The summed E-state index contributed by atoms with van der Waals surface area (Å²) in [6.07, 6.45) is 8.71. The molecule has 9 heteroatoms. The van der Waals surface area contributed by atoms with Gasteiger partial charge in [0, 0.05) is 39.9 Å². The lowest BCUT2D eigenvalue weighted by atomic mass is 10.1. The van der Waals surface area contributed by atoms with E-state index < -0.39 is 16.0 Å². The number of hydrogen-bond donors (Lipinski definition) is 0.